The number of carbonyl (C=O) groups excluding carboxylic acids is 1. The number of halogens is 2. The van der Waals surface area contributed by atoms with Crippen LogP contribution in [0.3, 0.4) is 0 Å². The quantitative estimate of drug-likeness (QED) is 0.267. The van der Waals surface area contributed by atoms with Crippen molar-refractivity contribution in [2.24, 2.45) is 5.92 Å². The number of hydrogen-bond donors (Lipinski definition) is 1. The second-order valence-corrected chi connectivity index (χ2v) is 10.6. The Kier molecular flexibility index (Phi) is 6.87. The van der Waals surface area contributed by atoms with Crippen molar-refractivity contribution < 1.29 is 14.3 Å². The van der Waals surface area contributed by atoms with E-state index in [4.69, 9.17) is 0 Å². The molecule has 0 unspecified atom stereocenters. The van der Waals surface area contributed by atoms with Crippen LogP contribution in [0.25, 0.3) is 16.5 Å². The van der Waals surface area contributed by atoms with Gasteiger partial charge in [-0.2, -0.15) is 0 Å². The third kappa shape index (κ3) is 4.96. The number of thiazole rings is 1. The van der Waals surface area contributed by atoms with Gasteiger partial charge < -0.3 is 14.6 Å². The molecule has 35 heavy (non-hydrogen) atoms. The number of aromatic hydroxyl groups is 1. The first kappa shape index (κ1) is 23.9. The average Bonchev–Trinajstić information content (AvgIpc) is 3.50. The number of nitrogens with zero attached hydrogens (tertiary/aromatic N) is 5. The summed E-state index contributed by atoms with van der Waals surface area (Å²) in [7, 11) is 0. The topological polar surface area (TPSA) is 92.7 Å². The summed E-state index contributed by atoms with van der Waals surface area (Å²) in [6.45, 7) is 1.54. The monoisotopic (exact) mass is 607 g/mol. The van der Waals surface area contributed by atoms with E-state index in [1.165, 1.54) is 34.1 Å². The van der Waals surface area contributed by atoms with Gasteiger partial charge >= 0.3 is 5.56 Å². The van der Waals surface area contributed by atoms with E-state index in [0.717, 1.165) is 40.8 Å². The Balaban J connectivity index is 1.40. The standard InChI is InChI=1S/C24H23FIN5O3S/c25-17-3-1-15(2-4-17)11-18-13-27-22(35-18)20-21(33)23(34)31-10-9-30(24(31)28-20)14-19(32)29-7-5-16(12-26)6-8-29/h1-4,9-10,13,16,33H,5-8,11-12,14H2. The number of fused-ring (bicyclic) bond motifs is 1. The van der Waals surface area contributed by atoms with Crippen LogP contribution >= 0.6 is 33.9 Å². The van der Waals surface area contributed by atoms with Crippen molar-refractivity contribution in [3.8, 4) is 16.5 Å². The smallest absolute Gasteiger partial charge is 0.302 e. The molecule has 1 aromatic carbocycles. The average molecular weight is 607 g/mol. The van der Waals surface area contributed by atoms with E-state index in [1.807, 2.05) is 4.90 Å². The number of aromatic nitrogens is 4. The van der Waals surface area contributed by atoms with E-state index in [0.29, 0.717) is 17.3 Å². The van der Waals surface area contributed by atoms with Gasteiger partial charge in [0.05, 0.1) is 0 Å². The number of rotatable bonds is 6. The minimum Gasteiger partial charge on any atom is -0.501 e. The molecule has 1 amide bonds. The normalized spacial score (nSPS) is 14.6. The number of carbonyl (C=O) groups is 1. The lowest BCUT2D eigenvalue weighted by Gasteiger charge is -2.31. The third-order valence-corrected chi connectivity index (χ3v) is 8.51. The zero-order chi connectivity index (χ0) is 24.5. The van der Waals surface area contributed by atoms with Crippen LogP contribution in [0.4, 0.5) is 4.39 Å². The first-order valence-corrected chi connectivity index (χ1v) is 13.6. The molecular formula is C24H23FIN5O3S. The molecule has 5 rings (SSSR count). The van der Waals surface area contributed by atoms with Crippen LogP contribution in [-0.4, -0.2) is 52.4 Å². The van der Waals surface area contributed by atoms with Gasteiger partial charge in [0.2, 0.25) is 17.4 Å². The summed E-state index contributed by atoms with van der Waals surface area (Å²) in [6.07, 6.45) is 7.34. The molecule has 0 radical (unpaired) electrons. The van der Waals surface area contributed by atoms with Crippen molar-refractivity contribution in [3.05, 3.63) is 69.5 Å². The first-order valence-electron chi connectivity index (χ1n) is 11.3. The minimum atomic E-state index is -0.616. The lowest BCUT2D eigenvalue weighted by atomic mass is 9.99. The number of hydrogen-bond acceptors (Lipinski definition) is 6. The van der Waals surface area contributed by atoms with Gasteiger partial charge in [0.1, 0.15) is 17.4 Å². The van der Waals surface area contributed by atoms with Crippen LogP contribution in [0.2, 0.25) is 0 Å². The van der Waals surface area contributed by atoms with Gasteiger partial charge in [0.15, 0.2) is 5.69 Å². The van der Waals surface area contributed by atoms with E-state index in [2.05, 4.69) is 32.6 Å². The molecule has 1 saturated heterocycles. The second kappa shape index (κ2) is 10.1. The number of benzene rings is 1. The van der Waals surface area contributed by atoms with Gasteiger partial charge in [-0.3, -0.25) is 9.59 Å². The van der Waals surface area contributed by atoms with E-state index < -0.39 is 11.3 Å². The molecule has 1 aliphatic rings. The summed E-state index contributed by atoms with van der Waals surface area (Å²) in [5, 5.41) is 11.0. The molecule has 0 spiro atoms. The number of imidazole rings is 1. The molecule has 3 aromatic heterocycles. The highest BCUT2D eigenvalue weighted by atomic mass is 127. The van der Waals surface area contributed by atoms with Crippen LogP contribution in [0, 0.1) is 11.7 Å². The third-order valence-electron chi connectivity index (χ3n) is 6.26. The fourth-order valence-corrected chi connectivity index (χ4v) is 6.04. The molecule has 4 heterocycles. The van der Waals surface area contributed by atoms with Crippen molar-refractivity contribution in [3.63, 3.8) is 0 Å². The molecule has 4 aromatic rings. The zero-order valence-electron chi connectivity index (χ0n) is 18.7. The van der Waals surface area contributed by atoms with Crippen LogP contribution in [0.1, 0.15) is 23.3 Å². The van der Waals surface area contributed by atoms with E-state index in [-0.39, 0.29) is 29.7 Å². The van der Waals surface area contributed by atoms with Gasteiger partial charge in [0, 0.05) is 47.4 Å². The molecule has 182 valence electrons. The zero-order valence-corrected chi connectivity index (χ0v) is 21.7. The van der Waals surface area contributed by atoms with Crippen molar-refractivity contribution in [1.29, 1.82) is 0 Å². The maximum atomic E-state index is 13.2. The number of amides is 1. The Morgan fingerprint density at radius 2 is 1.94 bits per heavy atom. The molecule has 0 bridgehead atoms. The lowest BCUT2D eigenvalue weighted by Crippen LogP contribution is -2.40. The fourth-order valence-electron chi connectivity index (χ4n) is 4.22. The van der Waals surface area contributed by atoms with Crippen LogP contribution in [-0.2, 0) is 17.8 Å². The van der Waals surface area contributed by atoms with Crippen molar-refractivity contribution in [2.75, 3.05) is 17.5 Å². The first-order chi connectivity index (χ1) is 16.9. The SMILES string of the molecule is O=C(Cn1ccn2c(=O)c(O)c(-c3ncc(Cc4ccc(F)cc4)s3)nc12)N1CCC(CI)CC1. The minimum absolute atomic E-state index is 0.0188. The predicted molar refractivity (Wildman–Crippen MR) is 140 cm³/mol. The molecular weight excluding hydrogens is 584 g/mol. The Labute approximate surface area is 218 Å². The highest BCUT2D eigenvalue weighted by Gasteiger charge is 2.24. The Bertz CT molecular complexity index is 1420. The van der Waals surface area contributed by atoms with Crippen molar-refractivity contribution in [2.45, 2.75) is 25.8 Å². The molecule has 11 heteroatoms. The van der Waals surface area contributed by atoms with E-state index in [9.17, 15) is 19.1 Å². The summed E-state index contributed by atoms with van der Waals surface area (Å²) < 4.78 is 17.1. The van der Waals surface area contributed by atoms with Gasteiger partial charge in [-0.15, -0.1) is 11.3 Å². The summed E-state index contributed by atoms with van der Waals surface area (Å²) in [4.78, 5) is 37.4. The van der Waals surface area contributed by atoms with Crippen LogP contribution < -0.4 is 5.56 Å². The molecule has 0 saturated carbocycles. The molecule has 1 N–H and O–H groups in total. The van der Waals surface area contributed by atoms with E-state index in [1.54, 1.807) is 29.1 Å². The number of likely N-dealkylation sites (tertiary alicyclic amines) is 1. The van der Waals surface area contributed by atoms with Crippen LogP contribution in [0.15, 0.2) is 47.7 Å². The largest absolute Gasteiger partial charge is 0.501 e. The summed E-state index contributed by atoms with van der Waals surface area (Å²) >= 11 is 3.70. The highest BCUT2D eigenvalue weighted by Crippen LogP contribution is 2.30. The Morgan fingerprint density at radius 3 is 2.66 bits per heavy atom. The predicted octanol–water partition coefficient (Wildman–Crippen LogP) is 3.73. The maximum absolute atomic E-state index is 13.2. The Morgan fingerprint density at radius 1 is 1.20 bits per heavy atom. The number of alkyl halides is 1. The number of piperidine rings is 1. The van der Waals surface area contributed by atoms with Crippen LogP contribution in [0.5, 0.6) is 5.75 Å². The van der Waals surface area contributed by atoms with Gasteiger partial charge in [-0.1, -0.05) is 34.7 Å². The fraction of sp³-hybridized carbons (Fsp3) is 0.333. The summed E-state index contributed by atoms with van der Waals surface area (Å²) in [5.74, 6) is 0.121. The van der Waals surface area contributed by atoms with Gasteiger partial charge in [0.25, 0.3) is 0 Å². The van der Waals surface area contributed by atoms with Crippen molar-refractivity contribution >= 4 is 45.6 Å². The van der Waals surface area contributed by atoms with Gasteiger partial charge in [-0.05, 0) is 36.5 Å². The summed E-state index contributed by atoms with van der Waals surface area (Å²) in [6, 6.07) is 6.22. The lowest BCUT2D eigenvalue weighted by molar-refractivity contribution is -0.133. The molecule has 1 aliphatic heterocycles. The van der Waals surface area contributed by atoms with Gasteiger partial charge in [-0.25, -0.2) is 18.8 Å². The highest BCUT2D eigenvalue weighted by molar-refractivity contribution is 14.1. The summed E-state index contributed by atoms with van der Waals surface area (Å²) in [5.41, 5.74) is 0.388. The van der Waals surface area contributed by atoms with E-state index >= 15 is 0 Å². The molecule has 0 aliphatic carbocycles. The Hall–Kier alpha value is -2.80. The molecule has 1 fully saturated rings. The van der Waals surface area contributed by atoms with Crippen molar-refractivity contribution in [1.82, 2.24) is 23.8 Å². The second-order valence-electron chi connectivity index (χ2n) is 8.62. The maximum Gasteiger partial charge on any atom is 0.302 e. The molecule has 0 atom stereocenters. The molecule has 8 nitrogen and oxygen atoms in total.